The van der Waals surface area contributed by atoms with Crippen molar-refractivity contribution < 1.29 is 9.59 Å². The fourth-order valence-electron chi connectivity index (χ4n) is 3.57. The Bertz CT molecular complexity index is 1320. The highest BCUT2D eigenvalue weighted by atomic mass is 32.2. The van der Waals surface area contributed by atoms with Gasteiger partial charge in [-0.2, -0.15) is 4.52 Å². The van der Waals surface area contributed by atoms with Gasteiger partial charge < -0.3 is 5.32 Å². The zero-order chi connectivity index (χ0) is 20.8. The largest absolute Gasteiger partial charge is 0.323 e. The minimum absolute atomic E-state index is 0.0102. The van der Waals surface area contributed by atoms with E-state index in [1.54, 1.807) is 10.6 Å². The predicted octanol–water partition coefficient (Wildman–Crippen LogP) is 3.05. The molecule has 2 aromatic carbocycles. The van der Waals surface area contributed by atoms with Gasteiger partial charge in [-0.1, -0.05) is 36.0 Å². The standard InChI is InChI=1S/C21H18N6O2S/c1-12(20(29)26-11-18(28)23-16-9-5-6-10-17(16)26)30-21-24-15-8-4-3-7-14(15)19-22-13(2)25-27(19)21/h3-10,12H,11H2,1-2H3,(H,23,28)/t12-/m1/s1. The second-order valence-corrected chi connectivity index (χ2v) is 8.36. The predicted molar refractivity (Wildman–Crippen MR) is 116 cm³/mol. The molecule has 8 nitrogen and oxygen atoms in total. The number of fused-ring (bicyclic) bond motifs is 4. The second-order valence-electron chi connectivity index (χ2n) is 7.06. The van der Waals surface area contributed by atoms with Gasteiger partial charge in [0.25, 0.3) is 0 Å². The van der Waals surface area contributed by atoms with Crippen LogP contribution in [0, 0.1) is 6.92 Å². The van der Waals surface area contributed by atoms with Gasteiger partial charge in [0.1, 0.15) is 12.4 Å². The summed E-state index contributed by atoms with van der Waals surface area (Å²) in [6, 6.07) is 15.0. The smallest absolute Gasteiger partial charge is 0.244 e. The van der Waals surface area contributed by atoms with Gasteiger partial charge in [-0.05, 0) is 38.1 Å². The number of carbonyl (C=O) groups is 2. The highest BCUT2D eigenvalue weighted by molar-refractivity contribution is 8.00. The fraction of sp³-hybridized carbons (Fsp3) is 0.190. The minimum atomic E-state index is -0.481. The van der Waals surface area contributed by atoms with Gasteiger partial charge in [-0.3, -0.25) is 14.5 Å². The monoisotopic (exact) mass is 418 g/mol. The number of aromatic nitrogens is 4. The molecule has 0 unspecified atom stereocenters. The van der Waals surface area contributed by atoms with E-state index < -0.39 is 5.25 Å². The molecule has 2 aromatic heterocycles. The van der Waals surface area contributed by atoms with Crippen LogP contribution < -0.4 is 10.2 Å². The number of anilines is 2. The first-order valence-electron chi connectivity index (χ1n) is 9.50. The van der Waals surface area contributed by atoms with Crippen molar-refractivity contribution in [1.82, 2.24) is 19.6 Å². The van der Waals surface area contributed by atoms with Crippen LogP contribution in [0.15, 0.2) is 53.7 Å². The van der Waals surface area contributed by atoms with Crippen LogP contribution in [0.25, 0.3) is 16.6 Å². The Hall–Kier alpha value is -3.46. The molecule has 9 heteroatoms. The van der Waals surface area contributed by atoms with Gasteiger partial charge in [0, 0.05) is 5.39 Å². The third-order valence-electron chi connectivity index (χ3n) is 4.92. The van der Waals surface area contributed by atoms with Crippen LogP contribution in [-0.4, -0.2) is 43.2 Å². The van der Waals surface area contributed by atoms with E-state index in [4.69, 9.17) is 4.98 Å². The van der Waals surface area contributed by atoms with Gasteiger partial charge in [0.15, 0.2) is 10.8 Å². The number of nitrogens with one attached hydrogen (secondary N) is 1. The third-order valence-corrected chi connectivity index (χ3v) is 5.95. The fourth-order valence-corrected chi connectivity index (χ4v) is 4.49. The Balaban J connectivity index is 1.51. The van der Waals surface area contributed by atoms with Crippen molar-refractivity contribution in [3.05, 3.63) is 54.4 Å². The molecule has 0 aliphatic carbocycles. The number of para-hydroxylation sites is 3. The summed E-state index contributed by atoms with van der Waals surface area (Å²) in [5.41, 5.74) is 2.84. The maximum absolute atomic E-state index is 13.3. The zero-order valence-corrected chi connectivity index (χ0v) is 17.2. The van der Waals surface area contributed by atoms with Crippen molar-refractivity contribution in [2.45, 2.75) is 24.3 Å². The van der Waals surface area contributed by atoms with Crippen LogP contribution in [0.5, 0.6) is 0 Å². The number of amides is 2. The molecule has 5 rings (SSSR count). The summed E-state index contributed by atoms with van der Waals surface area (Å²) < 4.78 is 1.68. The molecule has 1 N–H and O–H groups in total. The Morgan fingerprint density at radius 3 is 2.77 bits per heavy atom. The van der Waals surface area contributed by atoms with Gasteiger partial charge in [-0.15, -0.1) is 5.10 Å². The van der Waals surface area contributed by atoms with Gasteiger partial charge >= 0.3 is 0 Å². The number of benzene rings is 2. The molecule has 0 radical (unpaired) electrons. The molecule has 1 aliphatic heterocycles. The lowest BCUT2D eigenvalue weighted by Crippen LogP contribution is -2.45. The molecule has 4 aromatic rings. The first kappa shape index (κ1) is 18.6. The zero-order valence-electron chi connectivity index (χ0n) is 16.4. The molecular formula is C21H18N6O2S. The first-order valence-corrected chi connectivity index (χ1v) is 10.4. The van der Waals surface area contributed by atoms with Crippen molar-refractivity contribution in [2.24, 2.45) is 0 Å². The lowest BCUT2D eigenvalue weighted by molar-refractivity contribution is -0.121. The van der Waals surface area contributed by atoms with E-state index in [0.717, 1.165) is 10.9 Å². The molecular weight excluding hydrogens is 400 g/mol. The Morgan fingerprint density at radius 2 is 1.90 bits per heavy atom. The second kappa shape index (κ2) is 7.10. The average Bonchev–Trinajstić information content (AvgIpc) is 3.14. The Morgan fingerprint density at radius 1 is 1.13 bits per heavy atom. The normalized spacial score (nSPS) is 14.6. The number of hydrogen-bond donors (Lipinski definition) is 1. The van der Waals surface area contributed by atoms with Crippen LogP contribution in [0.3, 0.4) is 0 Å². The number of aryl methyl sites for hydroxylation is 1. The summed E-state index contributed by atoms with van der Waals surface area (Å²) in [6.07, 6.45) is 0. The molecule has 1 atom stereocenters. The van der Waals surface area contributed by atoms with Crippen molar-refractivity contribution in [3.8, 4) is 0 Å². The molecule has 3 heterocycles. The van der Waals surface area contributed by atoms with Crippen molar-refractivity contribution >= 4 is 51.5 Å². The SMILES string of the molecule is Cc1nc2c3ccccc3nc(S[C@H](C)C(=O)N3CC(=O)Nc4ccccc43)n2n1. The lowest BCUT2D eigenvalue weighted by Gasteiger charge is -2.30. The molecule has 1 aliphatic rings. The van der Waals surface area contributed by atoms with E-state index in [0.29, 0.717) is 28.0 Å². The van der Waals surface area contributed by atoms with Crippen LogP contribution >= 0.6 is 11.8 Å². The third kappa shape index (κ3) is 3.07. The van der Waals surface area contributed by atoms with Gasteiger partial charge in [0.2, 0.25) is 11.8 Å². The van der Waals surface area contributed by atoms with Crippen LogP contribution in [0.1, 0.15) is 12.7 Å². The number of thioether (sulfide) groups is 1. The van der Waals surface area contributed by atoms with E-state index in [2.05, 4.69) is 15.4 Å². The highest BCUT2D eigenvalue weighted by Gasteiger charge is 2.31. The van der Waals surface area contributed by atoms with E-state index in [9.17, 15) is 9.59 Å². The number of hydrogen-bond acceptors (Lipinski definition) is 6. The van der Waals surface area contributed by atoms with Crippen LogP contribution in [0.4, 0.5) is 11.4 Å². The van der Waals surface area contributed by atoms with Crippen molar-refractivity contribution in [3.63, 3.8) is 0 Å². The molecule has 0 fully saturated rings. The van der Waals surface area contributed by atoms with Crippen LogP contribution in [0.2, 0.25) is 0 Å². The van der Waals surface area contributed by atoms with E-state index in [1.807, 2.05) is 56.3 Å². The van der Waals surface area contributed by atoms with Gasteiger partial charge in [-0.25, -0.2) is 9.97 Å². The molecule has 0 spiro atoms. The Kier molecular flexibility index (Phi) is 4.39. The molecule has 0 bridgehead atoms. The summed E-state index contributed by atoms with van der Waals surface area (Å²) in [5, 5.41) is 8.28. The van der Waals surface area contributed by atoms with E-state index in [-0.39, 0.29) is 18.4 Å². The summed E-state index contributed by atoms with van der Waals surface area (Å²) in [5.74, 6) is 0.259. The van der Waals surface area contributed by atoms with Crippen molar-refractivity contribution in [1.29, 1.82) is 0 Å². The van der Waals surface area contributed by atoms with Crippen molar-refractivity contribution in [2.75, 3.05) is 16.8 Å². The number of rotatable bonds is 3. The maximum Gasteiger partial charge on any atom is 0.244 e. The molecule has 0 saturated carbocycles. The highest BCUT2D eigenvalue weighted by Crippen LogP contribution is 2.32. The minimum Gasteiger partial charge on any atom is -0.323 e. The number of nitrogens with zero attached hydrogens (tertiary/aromatic N) is 5. The van der Waals surface area contributed by atoms with E-state index in [1.165, 1.54) is 16.7 Å². The quantitative estimate of drug-likeness (QED) is 0.406. The summed E-state index contributed by atoms with van der Waals surface area (Å²) in [6.45, 7) is 3.63. The van der Waals surface area contributed by atoms with Gasteiger partial charge in [0.05, 0.1) is 22.1 Å². The van der Waals surface area contributed by atoms with E-state index >= 15 is 0 Å². The average molecular weight is 418 g/mol. The lowest BCUT2D eigenvalue weighted by atomic mass is 10.2. The molecule has 0 saturated heterocycles. The molecule has 150 valence electrons. The van der Waals surface area contributed by atoms with Crippen LogP contribution in [-0.2, 0) is 9.59 Å². The Labute approximate surface area is 176 Å². The summed E-state index contributed by atoms with van der Waals surface area (Å²) in [7, 11) is 0. The topological polar surface area (TPSA) is 92.5 Å². The summed E-state index contributed by atoms with van der Waals surface area (Å²) in [4.78, 5) is 36.1. The maximum atomic E-state index is 13.3. The number of carbonyl (C=O) groups excluding carboxylic acids is 2. The first-order chi connectivity index (χ1) is 14.5. The molecule has 30 heavy (non-hydrogen) atoms. The molecule has 2 amide bonds. The summed E-state index contributed by atoms with van der Waals surface area (Å²) >= 11 is 1.31.